The molecular weight excluding hydrogens is 236 g/mol. The average molecular weight is 250 g/mol. The smallest absolute Gasteiger partial charge is 0.312 e. The van der Waals surface area contributed by atoms with Gasteiger partial charge >= 0.3 is 5.69 Å². The van der Waals surface area contributed by atoms with Crippen LogP contribution in [0.4, 0.5) is 11.5 Å². The number of aromatic nitrogens is 1. The first-order valence-electron chi connectivity index (χ1n) is 5.39. The third kappa shape index (κ3) is 3.40. The Hall–Kier alpha value is -2.20. The first-order valence-corrected chi connectivity index (χ1v) is 5.39. The maximum absolute atomic E-state index is 10.9. The molecule has 1 aromatic rings. The topological polar surface area (TPSA) is 103 Å². The lowest BCUT2D eigenvalue weighted by Crippen LogP contribution is -2.23. The number of hydrogen-bond acceptors (Lipinski definition) is 6. The van der Waals surface area contributed by atoms with Gasteiger partial charge in [-0.2, -0.15) is 5.26 Å². The van der Waals surface area contributed by atoms with Gasteiger partial charge in [0.25, 0.3) is 0 Å². The lowest BCUT2D eigenvalue weighted by Gasteiger charge is -2.18. The van der Waals surface area contributed by atoms with E-state index in [0.29, 0.717) is 13.0 Å². The van der Waals surface area contributed by atoms with E-state index in [2.05, 4.69) is 4.98 Å². The number of nitro groups is 1. The van der Waals surface area contributed by atoms with Gasteiger partial charge in [0.2, 0.25) is 5.82 Å². The second-order valence-electron chi connectivity index (χ2n) is 3.99. The molecule has 1 N–H and O–H groups in total. The summed E-state index contributed by atoms with van der Waals surface area (Å²) in [7, 11) is 1.66. The van der Waals surface area contributed by atoms with E-state index in [9.17, 15) is 15.2 Å². The van der Waals surface area contributed by atoms with E-state index in [-0.39, 0.29) is 17.1 Å². The van der Waals surface area contributed by atoms with Crippen LogP contribution in [0.15, 0.2) is 12.3 Å². The van der Waals surface area contributed by atoms with Gasteiger partial charge in [-0.15, -0.1) is 0 Å². The molecule has 1 atom stereocenters. The van der Waals surface area contributed by atoms with Gasteiger partial charge in [0.15, 0.2) is 0 Å². The van der Waals surface area contributed by atoms with Crippen LogP contribution in [0.1, 0.15) is 18.9 Å². The monoisotopic (exact) mass is 250 g/mol. The highest BCUT2D eigenvalue weighted by atomic mass is 16.6. The molecule has 1 aromatic heterocycles. The number of aliphatic hydroxyl groups excluding tert-OH is 1. The fourth-order valence-corrected chi connectivity index (χ4v) is 1.42. The van der Waals surface area contributed by atoms with Crippen molar-refractivity contribution in [1.82, 2.24) is 4.98 Å². The Morgan fingerprint density at radius 2 is 2.39 bits per heavy atom. The van der Waals surface area contributed by atoms with E-state index in [1.165, 1.54) is 12.3 Å². The maximum Gasteiger partial charge on any atom is 0.312 e. The van der Waals surface area contributed by atoms with Crippen LogP contribution < -0.4 is 4.90 Å². The summed E-state index contributed by atoms with van der Waals surface area (Å²) in [6.07, 6.45) is 1.29. The van der Waals surface area contributed by atoms with Crippen molar-refractivity contribution in [3.05, 3.63) is 27.9 Å². The first kappa shape index (κ1) is 13.9. The van der Waals surface area contributed by atoms with Gasteiger partial charge in [-0.25, -0.2) is 4.98 Å². The van der Waals surface area contributed by atoms with E-state index in [0.717, 1.165) is 0 Å². The summed E-state index contributed by atoms with van der Waals surface area (Å²) >= 11 is 0. The summed E-state index contributed by atoms with van der Waals surface area (Å²) in [5.74, 6) is 0.194. The highest BCUT2D eigenvalue weighted by molar-refractivity contribution is 5.59. The van der Waals surface area contributed by atoms with Crippen LogP contribution in [0.3, 0.4) is 0 Å². The molecule has 0 spiro atoms. The molecule has 0 aromatic carbocycles. The van der Waals surface area contributed by atoms with Gasteiger partial charge in [0.05, 0.1) is 16.6 Å². The Labute approximate surface area is 104 Å². The summed E-state index contributed by atoms with van der Waals surface area (Å²) in [5, 5.41) is 28.8. The van der Waals surface area contributed by atoms with Crippen LogP contribution in [-0.4, -0.2) is 34.7 Å². The summed E-state index contributed by atoms with van der Waals surface area (Å²) < 4.78 is 0. The van der Waals surface area contributed by atoms with Crippen molar-refractivity contribution in [3.8, 4) is 6.07 Å². The van der Waals surface area contributed by atoms with Crippen LogP contribution in [0.5, 0.6) is 0 Å². The van der Waals surface area contributed by atoms with Gasteiger partial charge in [0.1, 0.15) is 6.07 Å². The Bertz CT molecular complexity index is 482. The average Bonchev–Trinajstić information content (AvgIpc) is 2.34. The van der Waals surface area contributed by atoms with Crippen molar-refractivity contribution < 1.29 is 10.0 Å². The van der Waals surface area contributed by atoms with Gasteiger partial charge in [-0.3, -0.25) is 10.1 Å². The van der Waals surface area contributed by atoms with Crippen LogP contribution in [-0.2, 0) is 0 Å². The molecule has 7 nitrogen and oxygen atoms in total. The molecule has 7 heteroatoms. The van der Waals surface area contributed by atoms with Crippen LogP contribution >= 0.6 is 0 Å². The van der Waals surface area contributed by atoms with E-state index < -0.39 is 11.0 Å². The highest BCUT2D eigenvalue weighted by Crippen LogP contribution is 2.25. The minimum Gasteiger partial charge on any atom is -0.393 e. The third-order valence-electron chi connectivity index (χ3n) is 2.42. The minimum atomic E-state index is -0.567. The number of hydrogen-bond donors (Lipinski definition) is 1. The molecule has 0 aliphatic rings. The quantitative estimate of drug-likeness (QED) is 0.619. The predicted molar refractivity (Wildman–Crippen MR) is 65.2 cm³/mol. The summed E-state index contributed by atoms with van der Waals surface area (Å²) in [5.41, 5.74) is -0.0588. The second kappa shape index (κ2) is 5.93. The SMILES string of the molecule is CC(O)CCN(C)c1ncc(C#N)cc1[N+](=O)[O-]. The van der Waals surface area contributed by atoms with E-state index in [4.69, 9.17) is 5.26 Å². The minimum absolute atomic E-state index is 0.148. The molecule has 0 saturated carbocycles. The standard InChI is InChI=1S/C11H14N4O3/c1-8(16)3-4-14(2)11-10(15(17)18)5-9(6-12)7-13-11/h5,7-8,16H,3-4H2,1-2H3. The van der Waals surface area contributed by atoms with Crippen molar-refractivity contribution in [2.24, 2.45) is 0 Å². The van der Waals surface area contributed by atoms with Gasteiger partial charge in [-0.05, 0) is 13.3 Å². The zero-order valence-corrected chi connectivity index (χ0v) is 10.2. The molecule has 1 unspecified atom stereocenters. The van der Waals surface area contributed by atoms with Gasteiger partial charge in [-0.1, -0.05) is 0 Å². The van der Waals surface area contributed by atoms with E-state index in [1.54, 1.807) is 18.9 Å². The lowest BCUT2D eigenvalue weighted by atomic mass is 10.2. The number of nitriles is 1. The van der Waals surface area contributed by atoms with Crippen molar-refractivity contribution >= 4 is 11.5 Å². The summed E-state index contributed by atoms with van der Waals surface area (Å²) in [4.78, 5) is 15.9. The van der Waals surface area contributed by atoms with Crippen molar-refractivity contribution in [1.29, 1.82) is 5.26 Å². The molecular formula is C11H14N4O3. The zero-order valence-electron chi connectivity index (χ0n) is 10.2. The zero-order chi connectivity index (χ0) is 13.7. The Morgan fingerprint density at radius 3 is 2.89 bits per heavy atom. The molecule has 0 fully saturated rings. The fourth-order valence-electron chi connectivity index (χ4n) is 1.42. The number of pyridine rings is 1. The Kier molecular flexibility index (Phi) is 4.57. The van der Waals surface area contributed by atoms with Crippen LogP contribution in [0.2, 0.25) is 0 Å². The molecule has 1 rings (SSSR count). The number of aliphatic hydroxyl groups is 1. The van der Waals surface area contributed by atoms with Gasteiger partial charge < -0.3 is 10.0 Å². The first-order chi connectivity index (χ1) is 8.45. The molecule has 0 saturated heterocycles. The molecule has 1 heterocycles. The molecule has 0 aliphatic heterocycles. The fraction of sp³-hybridized carbons (Fsp3) is 0.455. The Morgan fingerprint density at radius 1 is 1.72 bits per heavy atom. The molecule has 0 bridgehead atoms. The lowest BCUT2D eigenvalue weighted by molar-refractivity contribution is -0.384. The predicted octanol–water partition coefficient (Wildman–Crippen LogP) is 1.07. The Balaban J connectivity index is 3.01. The van der Waals surface area contributed by atoms with Crippen LogP contribution in [0.25, 0.3) is 0 Å². The molecule has 0 amide bonds. The summed E-state index contributed by atoms with van der Waals surface area (Å²) in [6, 6.07) is 3.01. The number of nitrogens with zero attached hydrogens (tertiary/aromatic N) is 4. The van der Waals surface area contributed by atoms with Crippen molar-refractivity contribution in [2.75, 3.05) is 18.5 Å². The normalized spacial score (nSPS) is 11.7. The van der Waals surface area contributed by atoms with E-state index >= 15 is 0 Å². The number of anilines is 1. The summed E-state index contributed by atoms with van der Waals surface area (Å²) in [6.45, 7) is 2.09. The molecule has 0 radical (unpaired) electrons. The van der Waals surface area contributed by atoms with Crippen molar-refractivity contribution in [2.45, 2.75) is 19.4 Å². The molecule has 0 aliphatic carbocycles. The maximum atomic E-state index is 10.9. The third-order valence-corrected chi connectivity index (χ3v) is 2.42. The largest absolute Gasteiger partial charge is 0.393 e. The van der Waals surface area contributed by atoms with Crippen molar-refractivity contribution in [3.63, 3.8) is 0 Å². The second-order valence-corrected chi connectivity index (χ2v) is 3.99. The highest BCUT2D eigenvalue weighted by Gasteiger charge is 2.19. The van der Waals surface area contributed by atoms with Gasteiger partial charge in [0, 0.05) is 25.9 Å². The van der Waals surface area contributed by atoms with E-state index in [1.807, 2.05) is 6.07 Å². The number of rotatable bonds is 5. The molecule has 96 valence electrons. The van der Waals surface area contributed by atoms with Crippen LogP contribution in [0, 0.1) is 21.4 Å². The molecule has 18 heavy (non-hydrogen) atoms.